The van der Waals surface area contributed by atoms with Crippen LogP contribution in [0.5, 0.6) is 0 Å². The van der Waals surface area contributed by atoms with Crippen LogP contribution in [0, 0.1) is 5.92 Å². The SMILES string of the molecule is CC1(c2ccccc2)c2ccc(N(c3ccccc3)c3ccccc3)cc2C2C=CC=CC21. The van der Waals surface area contributed by atoms with E-state index in [0.717, 1.165) is 0 Å². The summed E-state index contributed by atoms with van der Waals surface area (Å²) in [6.45, 7) is 2.42. The van der Waals surface area contributed by atoms with Crippen molar-refractivity contribution in [1.29, 1.82) is 0 Å². The summed E-state index contributed by atoms with van der Waals surface area (Å²) in [5.41, 5.74) is 7.74. The third kappa shape index (κ3) is 3.15. The van der Waals surface area contributed by atoms with Crippen molar-refractivity contribution in [2.24, 2.45) is 5.92 Å². The molecule has 0 saturated heterocycles. The Morgan fingerprint density at radius 2 is 1.18 bits per heavy atom. The summed E-state index contributed by atoms with van der Waals surface area (Å²) in [5, 5.41) is 0. The maximum atomic E-state index is 2.42. The molecule has 0 radical (unpaired) electrons. The van der Waals surface area contributed by atoms with Crippen LogP contribution in [0.3, 0.4) is 0 Å². The van der Waals surface area contributed by atoms with E-state index in [-0.39, 0.29) is 5.41 Å². The van der Waals surface area contributed by atoms with E-state index in [9.17, 15) is 0 Å². The Kier molecular flexibility index (Phi) is 4.77. The topological polar surface area (TPSA) is 3.24 Å². The quantitative estimate of drug-likeness (QED) is 0.318. The van der Waals surface area contributed by atoms with Crippen LogP contribution < -0.4 is 4.90 Å². The van der Waals surface area contributed by atoms with Crippen molar-refractivity contribution in [1.82, 2.24) is 0 Å². The average molecular weight is 426 g/mol. The van der Waals surface area contributed by atoms with Crippen molar-refractivity contribution < 1.29 is 0 Å². The molecule has 33 heavy (non-hydrogen) atoms. The van der Waals surface area contributed by atoms with Crippen LogP contribution in [-0.2, 0) is 5.41 Å². The Morgan fingerprint density at radius 1 is 0.606 bits per heavy atom. The highest BCUT2D eigenvalue weighted by Crippen LogP contribution is 2.57. The lowest BCUT2D eigenvalue weighted by molar-refractivity contribution is 0.426. The molecule has 0 amide bonds. The molecule has 0 saturated carbocycles. The van der Waals surface area contributed by atoms with E-state index in [0.29, 0.717) is 11.8 Å². The first-order valence-corrected chi connectivity index (χ1v) is 11.7. The Labute approximate surface area is 196 Å². The van der Waals surface area contributed by atoms with Gasteiger partial charge in [-0.25, -0.2) is 0 Å². The molecule has 0 heterocycles. The Hall–Kier alpha value is -3.84. The van der Waals surface area contributed by atoms with Crippen LogP contribution in [0.2, 0.25) is 0 Å². The van der Waals surface area contributed by atoms with Crippen LogP contribution in [0.25, 0.3) is 0 Å². The number of nitrogens with zero attached hydrogens (tertiary/aromatic N) is 1. The highest BCUT2D eigenvalue weighted by atomic mass is 15.1. The van der Waals surface area contributed by atoms with Gasteiger partial charge in [-0.15, -0.1) is 0 Å². The Balaban J connectivity index is 1.54. The summed E-state index contributed by atoms with van der Waals surface area (Å²) in [7, 11) is 0. The number of anilines is 3. The van der Waals surface area contributed by atoms with Crippen LogP contribution in [0.4, 0.5) is 17.1 Å². The molecule has 0 aromatic heterocycles. The molecule has 0 aliphatic heterocycles. The molecule has 4 aromatic carbocycles. The lowest BCUT2D eigenvalue weighted by Gasteiger charge is -2.34. The molecular weight excluding hydrogens is 398 g/mol. The predicted molar refractivity (Wildman–Crippen MR) is 139 cm³/mol. The second-order valence-electron chi connectivity index (χ2n) is 9.17. The van der Waals surface area contributed by atoms with Crippen LogP contribution in [0.1, 0.15) is 29.5 Å². The van der Waals surface area contributed by atoms with Gasteiger partial charge in [0, 0.05) is 34.3 Å². The third-order valence-electron chi connectivity index (χ3n) is 7.42. The molecule has 0 N–H and O–H groups in total. The van der Waals surface area contributed by atoms with Gasteiger partial charge in [0.15, 0.2) is 0 Å². The van der Waals surface area contributed by atoms with Crippen molar-refractivity contribution in [2.45, 2.75) is 18.3 Å². The largest absolute Gasteiger partial charge is 0.310 e. The van der Waals surface area contributed by atoms with E-state index >= 15 is 0 Å². The molecule has 4 aromatic rings. The van der Waals surface area contributed by atoms with Gasteiger partial charge >= 0.3 is 0 Å². The molecule has 1 nitrogen and oxygen atoms in total. The normalized spacial score (nSPS) is 22.6. The number of benzene rings is 4. The third-order valence-corrected chi connectivity index (χ3v) is 7.42. The highest BCUT2D eigenvalue weighted by molar-refractivity contribution is 5.77. The van der Waals surface area contributed by atoms with Crippen LogP contribution >= 0.6 is 0 Å². The molecular formula is C32H27N. The minimum atomic E-state index is -0.0502. The van der Waals surface area contributed by atoms with Crippen molar-refractivity contribution in [3.63, 3.8) is 0 Å². The van der Waals surface area contributed by atoms with E-state index in [1.807, 2.05) is 0 Å². The molecule has 2 aliphatic carbocycles. The second kappa shape index (κ2) is 7.94. The zero-order valence-corrected chi connectivity index (χ0v) is 18.8. The van der Waals surface area contributed by atoms with Gasteiger partial charge in [-0.3, -0.25) is 0 Å². The standard InChI is InChI=1S/C32H27N/c1-32(24-13-5-2-6-14-24)30-20-12-11-19-28(30)29-23-27(21-22-31(29)32)33(25-15-7-3-8-16-25)26-17-9-4-10-18-26/h2-23,28,30H,1H3. The van der Waals surface area contributed by atoms with Gasteiger partial charge in [0.25, 0.3) is 0 Å². The highest BCUT2D eigenvalue weighted by Gasteiger charge is 2.48. The van der Waals surface area contributed by atoms with Crippen molar-refractivity contribution >= 4 is 17.1 Å². The summed E-state index contributed by atoms with van der Waals surface area (Å²) in [4.78, 5) is 2.36. The first kappa shape index (κ1) is 19.8. The molecule has 160 valence electrons. The fraction of sp³-hybridized carbons (Fsp3) is 0.125. The zero-order valence-electron chi connectivity index (χ0n) is 18.8. The first-order valence-electron chi connectivity index (χ1n) is 11.7. The Bertz CT molecular complexity index is 1280. The fourth-order valence-electron chi connectivity index (χ4n) is 5.81. The molecule has 6 rings (SSSR count). The lowest BCUT2D eigenvalue weighted by atomic mass is 9.68. The van der Waals surface area contributed by atoms with E-state index in [1.165, 1.54) is 33.8 Å². The van der Waals surface area contributed by atoms with Gasteiger partial charge in [0.2, 0.25) is 0 Å². The van der Waals surface area contributed by atoms with Gasteiger partial charge in [-0.2, -0.15) is 0 Å². The number of para-hydroxylation sites is 2. The summed E-state index contributed by atoms with van der Waals surface area (Å²) in [6.07, 6.45) is 9.22. The molecule has 3 atom stereocenters. The number of hydrogen-bond donors (Lipinski definition) is 0. The molecule has 0 spiro atoms. The van der Waals surface area contributed by atoms with Gasteiger partial charge in [-0.1, -0.05) is 104 Å². The van der Waals surface area contributed by atoms with Crippen LogP contribution in [-0.4, -0.2) is 0 Å². The fourth-order valence-corrected chi connectivity index (χ4v) is 5.81. The number of rotatable bonds is 4. The van der Waals surface area contributed by atoms with Gasteiger partial charge < -0.3 is 4.90 Å². The number of fused-ring (bicyclic) bond motifs is 3. The van der Waals surface area contributed by atoms with E-state index in [1.54, 1.807) is 0 Å². The summed E-state index contributed by atoms with van der Waals surface area (Å²) >= 11 is 0. The minimum Gasteiger partial charge on any atom is -0.310 e. The maximum absolute atomic E-state index is 2.42. The van der Waals surface area contributed by atoms with E-state index in [4.69, 9.17) is 0 Å². The minimum absolute atomic E-state index is 0.0502. The molecule has 0 bridgehead atoms. The van der Waals surface area contributed by atoms with Crippen LogP contribution in [0.15, 0.2) is 133 Å². The molecule has 0 fully saturated rings. The average Bonchev–Trinajstić information content (AvgIpc) is 3.15. The molecule has 1 heteroatoms. The summed E-state index contributed by atoms with van der Waals surface area (Å²) in [6, 6.07) is 39.4. The Morgan fingerprint density at radius 3 is 1.82 bits per heavy atom. The van der Waals surface area contributed by atoms with Gasteiger partial charge in [-0.05, 0) is 53.1 Å². The van der Waals surface area contributed by atoms with Crippen molar-refractivity contribution in [3.8, 4) is 0 Å². The smallest absolute Gasteiger partial charge is 0.0464 e. The zero-order chi connectivity index (χ0) is 22.3. The lowest BCUT2D eigenvalue weighted by Crippen LogP contribution is -2.30. The van der Waals surface area contributed by atoms with E-state index in [2.05, 4.69) is 145 Å². The summed E-state index contributed by atoms with van der Waals surface area (Å²) < 4.78 is 0. The number of hydrogen-bond acceptors (Lipinski definition) is 1. The molecule has 2 aliphatic rings. The molecule has 3 unspecified atom stereocenters. The summed E-state index contributed by atoms with van der Waals surface area (Å²) in [5.74, 6) is 0.792. The maximum Gasteiger partial charge on any atom is 0.0464 e. The second-order valence-corrected chi connectivity index (χ2v) is 9.17. The monoisotopic (exact) mass is 425 g/mol. The van der Waals surface area contributed by atoms with E-state index < -0.39 is 0 Å². The van der Waals surface area contributed by atoms with Crippen molar-refractivity contribution in [3.05, 3.63) is 150 Å². The predicted octanol–water partition coefficient (Wildman–Crippen LogP) is 8.30. The van der Waals surface area contributed by atoms with Crippen molar-refractivity contribution in [2.75, 3.05) is 4.90 Å². The van der Waals surface area contributed by atoms with Gasteiger partial charge in [0.1, 0.15) is 0 Å². The number of allylic oxidation sites excluding steroid dienone is 4. The first-order chi connectivity index (χ1) is 16.3. The van der Waals surface area contributed by atoms with Gasteiger partial charge in [0.05, 0.1) is 0 Å².